The third-order valence-electron chi connectivity index (χ3n) is 4.76. The molecule has 0 saturated carbocycles. The van der Waals surface area contributed by atoms with E-state index in [-0.39, 0.29) is 17.9 Å². The van der Waals surface area contributed by atoms with E-state index in [1.165, 1.54) is 16.7 Å². The predicted octanol–water partition coefficient (Wildman–Crippen LogP) is 0.835. The smallest absolute Gasteiger partial charge is 0.245 e. The first kappa shape index (κ1) is 15.0. The first-order valence-electron chi connectivity index (χ1n) is 7.85. The van der Waals surface area contributed by atoms with E-state index >= 15 is 0 Å². The van der Waals surface area contributed by atoms with Crippen molar-refractivity contribution in [3.8, 4) is 0 Å². The SMILES string of the molecule is Cc1ccc(CN2CCN3C(=O)[C@@H](C)NC(=O)[C@H]3C2)cc1C. The highest BCUT2D eigenvalue weighted by atomic mass is 16.2. The maximum Gasteiger partial charge on any atom is 0.245 e. The molecule has 1 aromatic carbocycles. The first-order valence-corrected chi connectivity index (χ1v) is 7.85. The van der Waals surface area contributed by atoms with Gasteiger partial charge in [0.1, 0.15) is 12.1 Å². The lowest BCUT2D eigenvalue weighted by molar-refractivity contribution is -0.152. The molecule has 118 valence electrons. The van der Waals surface area contributed by atoms with E-state index in [1.807, 2.05) is 0 Å². The average Bonchev–Trinajstić information content (AvgIpc) is 2.49. The van der Waals surface area contributed by atoms with Gasteiger partial charge in [-0.25, -0.2) is 0 Å². The van der Waals surface area contributed by atoms with Gasteiger partial charge in [0.25, 0.3) is 0 Å². The summed E-state index contributed by atoms with van der Waals surface area (Å²) in [6.07, 6.45) is 0. The molecule has 3 rings (SSSR count). The van der Waals surface area contributed by atoms with Crippen LogP contribution in [-0.4, -0.2) is 53.3 Å². The summed E-state index contributed by atoms with van der Waals surface area (Å²) in [7, 11) is 0. The van der Waals surface area contributed by atoms with Crippen LogP contribution in [0.15, 0.2) is 18.2 Å². The highest BCUT2D eigenvalue weighted by molar-refractivity contribution is 5.97. The molecule has 1 aromatic rings. The van der Waals surface area contributed by atoms with Gasteiger partial charge in [0.15, 0.2) is 0 Å². The van der Waals surface area contributed by atoms with E-state index in [9.17, 15) is 9.59 Å². The van der Waals surface area contributed by atoms with Gasteiger partial charge in [-0.2, -0.15) is 0 Å². The quantitative estimate of drug-likeness (QED) is 0.880. The fraction of sp³-hybridized carbons (Fsp3) is 0.529. The number of amides is 2. The van der Waals surface area contributed by atoms with Crippen molar-refractivity contribution in [3.63, 3.8) is 0 Å². The first-order chi connectivity index (χ1) is 10.5. The Balaban J connectivity index is 1.70. The number of carbonyl (C=O) groups excluding carboxylic acids is 2. The number of hydrogen-bond donors (Lipinski definition) is 1. The molecule has 0 aromatic heterocycles. The minimum Gasteiger partial charge on any atom is -0.343 e. The third kappa shape index (κ3) is 2.73. The average molecular weight is 301 g/mol. The molecule has 2 amide bonds. The van der Waals surface area contributed by atoms with Crippen molar-refractivity contribution < 1.29 is 9.59 Å². The fourth-order valence-electron chi connectivity index (χ4n) is 3.25. The molecule has 0 unspecified atom stereocenters. The van der Waals surface area contributed by atoms with Crippen LogP contribution in [0.5, 0.6) is 0 Å². The Bertz CT molecular complexity index is 614. The van der Waals surface area contributed by atoms with Gasteiger partial charge in [-0.1, -0.05) is 18.2 Å². The lowest BCUT2D eigenvalue weighted by Crippen LogP contribution is -2.68. The van der Waals surface area contributed by atoms with Crippen LogP contribution in [0.3, 0.4) is 0 Å². The van der Waals surface area contributed by atoms with Gasteiger partial charge in [0, 0.05) is 26.2 Å². The second-order valence-electron chi connectivity index (χ2n) is 6.43. The highest BCUT2D eigenvalue weighted by Gasteiger charge is 2.41. The van der Waals surface area contributed by atoms with Crippen molar-refractivity contribution in [2.24, 2.45) is 0 Å². The van der Waals surface area contributed by atoms with Crippen LogP contribution in [0.2, 0.25) is 0 Å². The van der Waals surface area contributed by atoms with Crippen molar-refractivity contribution in [1.29, 1.82) is 0 Å². The maximum absolute atomic E-state index is 12.1. The van der Waals surface area contributed by atoms with Crippen LogP contribution in [0.1, 0.15) is 23.6 Å². The Kier molecular flexibility index (Phi) is 3.91. The Morgan fingerprint density at radius 3 is 2.68 bits per heavy atom. The van der Waals surface area contributed by atoms with Crippen LogP contribution in [0, 0.1) is 13.8 Å². The molecule has 2 aliphatic heterocycles. The molecule has 0 bridgehead atoms. The number of benzene rings is 1. The standard InChI is InChI=1S/C17H23N3O2/c1-11-4-5-14(8-12(11)2)9-19-6-7-20-15(10-19)16(21)18-13(3)17(20)22/h4-5,8,13,15H,6-7,9-10H2,1-3H3,(H,18,21)/t13-,15-/m1/s1. The van der Waals surface area contributed by atoms with Crippen LogP contribution >= 0.6 is 0 Å². The Morgan fingerprint density at radius 1 is 1.18 bits per heavy atom. The summed E-state index contributed by atoms with van der Waals surface area (Å²) in [6, 6.07) is 5.75. The molecule has 2 fully saturated rings. The summed E-state index contributed by atoms with van der Waals surface area (Å²) in [5, 5.41) is 2.77. The van der Waals surface area contributed by atoms with E-state index in [0.29, 0.717) is 13.1 Å². The molecule has 22 heavy (non-hydrogen) atoms. The van der Waals surface area contributed by atoms with Gasteiger partial charge in [-0.15, -0.1) is 0 Å². The Labute approximate surface area is 131 Å². The minimum atomic E-state index is -0.393. The van der Waals surface area contributed by atoms with Crippen molar-refractivity contribution in [2.45, 2.75) is 39.4 Å². The molecule has 5 heteroatoms. The number of hydrogen-bond acceptors (Lipinski definition) is 3. The summed E-state index contributed by atoms with van der Waals surface area (Å²) in [6.45, 7) is 8.85. The fourth-order valence-corrected chi connectivity index (χ4v) is 3.25. The molecule has 0 spiro atoms. The van der Waals surface area contributed by atoms with Gasteiger partial charge in [-0.3, -0.25) is 14.5 Å². The largest absolute Gasteiger partial charge is 0.343 e. The second-order valence-corrected chi connectivity index (χ2v) is 6.43. The highest BCUT2D eigenvalue weighted by Crippen LogP contribution is 2.19. The number of piperazine rings is 2. The lowest BCUT2D eigenvalue weighted by atomic mass is 10.0. The summed E-state index contributed by atoms with van der Waals surface area (Å²) in [5.41, 5.74) is 3.84. The normalized spacial score (nSPS) is 25.9. The summed E-state index contributed by atoms with van der Waals surface area (Å²) in [4.78, 5) is 28.3. The molecule has 2 heterocycles. The molecule has 0 radical (unpaired) electrons. The van der Waals surface area contributed by atoms with Crippen molar-refractivity contribution in [1.82, 2.24) is 15.1 Å². The molecular weight excluding hydrogens is 278 g/mol. The van der Waals surface area contributed by atoms with Crippen molar-refractivity contribution in [3.05, 3.63) is 34.9 Å². The molecular formula is C17H23N3O2. The second kappa shape index (κ2) is 5.72. The Hall–Kier alpha value is -1.88. The van der Waals surface area contributed by atoms with Crippen LogP contribution in [0.4, 0.5) is 0 Å². The Morgan fingerprint density at radius 2 is 1.95 bits per heavy atom. The molecule has 1 N–H and O–H groups in total. The van der Waals surface area contributed by atoms with Gasteiger partial charge >= 0.3 is 0 Å². The molecule has 2 aliphatic rings. The number of fused-ring (bicyclic) bond motifs is 1. The zero-order valence-corrected chi connectivity index (χ0v) is 13.4. The van der Waals surface area contributed by atoms with E-state index < -0.39 is 6.04 Å². The zero-order chi connectivity index (χ0) is 15.9. The monoisotopic (exact) mass is 301 g/mol. The lowest BCUT2D eigenvalue weighted by Gasteiger charge is -2.44. The van der Waals surface area contributed by atoms with Crippen LogP contribution in [-0.2, 0) is 16.1 Å². The van der Waals surface area contributed by atoms with Crippen LogP contribution < -0.4 is 5.32 Å². The van der Waals surface area contributed by atoms with E-state index in [0.717, 1.165) is 13.1 Å². The number of nitrogens with zero attached hydrogens (tertiary/aromatic N) is 2. The number of nitrogens with one attached hydrogen (secondary N) is 1. The number of carbonyl (C=O) groups is 2. The van der Waals surface area contributed by atoms with E-state index in [1.54, 1.807) is 11.8 Å². The van der Waals surface area contributed by atoms with Gasteiger partial charge in [0.2, 0.25) is 11.8 Å². The number of aryl methyl sites for hydroxylation is 2. The third-order valence-corrected chi connectivity index (χ3v) is 4.76. The van der Waals surface area contributed by atoms with Gasteiger partial charge in [0.05, 0.1) is 0 Å². The molecule has 2 atom stereocenters. The topological polar surface area (TPSA) is 52.6 Å². The zero-order valence-electron chi connectivity index (χ0n) is 13.4. The molecule has 2 saturated heterocycles. The molecule has 5 nitrogen and oxygen atoms in total. The predicted molar refractivity (Wildman–Crippen MR) is 84.3 cm³/mol. The number of rotatable bonds is 2. The van der Waals surface area contributed by atoms with E-state index in [4.69, 9.17) is 0 Å². The van der Waals surface area contributed by atoms with E-state index in [2.05, 4.69) is 42.3 Å². The van der Waals surface area contributed by atoms with Gasteiger partial charge in [-0.05, 0) is 37.5 Å². The van der Waals surface area contributed by atoms with Crippen LogP contribution in [0.25, 0.3) is 0 Å². The van der Waals surface area contributed by atoms with Crippen molar-refractivity contribution >= 4 is 11.8 Å². The van der Waals surface area contributed by atoms with Gasteiger partial charge < -0.3 is 10.2 Å². The molecule has 0 aliphatic carbocycles. The minimum absolute atomic E-state index is 0.0307. The summed E-state index contributed by atoms with van der Waals surface area (Å²) >= 11 is 0. The maximum atomic E-state index is 12.1. The summed E-state index contributed by atoms with van der Waals surface area (Å²) in [5.74, 6) is 0.00678. The summed E-state index contributed by atoms with van der Waals surface area (Å²) < 4.78 is 0. The van der Waals surface area contributed by atoms with Crippen molar-refractivity contribution in [2.75, 3.05) is 19.6 Å².